The van der Waals surface area contributed by atoms with Crippen LogP contribution in [-0.2, 0) is 9.53 Å². The molecule has 1 fully saturated rings. The first-order chi connectivity index (χ1) is 8.39. The van der Waals surface area contributed by atoms with E-state index >= 15 is 0 Å². The molecule has 1 rings (SSSR count). The Hall–Kier alpha value is -0.640. The van der Waals surface area contributed by atoms with E-state index in [4.69, 9.17) is 9.84 Å². The van der Waals surface area contributed by atoms with E-state index in [1.54, 1.807) is 0 Å². The fraction of sp³-hybridized carbons (Fsp3) is 0.800. The maximum absolute atomic E-state index is 11.2. The highest BCUT2D eigenvalue weighted by atomic mass is 32.1. The van der Waals surface area contributed by atoms with Crippen molar-refractivity contribution < 1.29 is 30.0 Å². The van der Waals surface area contributed by atoms with Gasteiger partial charge in [0.15, 0.2) is 6.29 Å². The summed E-state index contributed by atoms with van der Waals surface area (Å²) in [6, 6.07) is 0. The van der Waals surface area contributed by atoms with Crippen LogP contribution in [0.1, 0.15) is 13.3 Å². The number of carbonyl (C=O) groups excluding carboxylic acids is 1. The third kappa shape index (κ3) is 2.68. The predicted molar refractivity (Wildman–Crippen MR) is 64.8 cm³/mol. The molecule has 0 bridgehead atoms. The van der Waals surface area contributed by atoms with Crippen molar-refractivity contribution in [2.45, 2.75) is 43.5 Å². The first kappa shape index (κ1) is 15.4. The van der Waals surface area contributed by atoms with Crippen molar-refractivity contribution in [3.63, 3.8) is 0 Å². The summed E-state index contributed by atoms with van der Waals surface area (Å²) in [5.74, 6) is -0.511. The van der Waals surface area contributed by atoms with Gasteiger partial charge in [0.1, 0.15) is 23.9 Å². The van der Waals surface area contributed by atoms with Gasteiger partial charge in [0.25, 0.3) is 0 Å². The van der Waals surface area contributed by atoms with Crippen molar-refractivity contribution in [3.8, 4) is 0 Å². The molecule has 1 aliphatic heterocycles. The van der Waals surface area contributed by atoms with E-state index in [1.165, 1.54) is 12.3 Å². The number of hydrogen-bond donors (Lipinski definition) is 5. The van der Waals surface area contributed by atoms with Crippen molar-refractivity contribution in [2.75, 3.05) is 6.61 Å². The lowest BCUT2D eigenvalue weighted by Gasteiger charge is -2.48. The number of ether oxygens (including phenoxy) is 1. The molecule has 5 N–H and O–H groups in total. The van der Waals surface area contributed by atoms with Gasteiger partial charge in [-0.15, -0.1) is 0 Å². The standard InChI is InChI=1S/C10H17NO6S/c1-5(13)11-10(2-3-18)8(15)7(14)6(4-12)17-9(10)16/h3,6-9,12,14-16H,2,4H2,1H3,(H,11,13)/t6-,7-,8+,9-,10-/m1/s1. The number of nitrogens with one attached hydrogen (secondary N) is 1. The predicted octanol–water partition coefficient (Wildman–Crippen LogP) is -2.32. The van der Waals surface area contributed by atoms with Gasteiger partial charge in [-0.1, -0.05) is 12.2 Å². The van der Waals surface area contributed by atoms with Crippen molar-refractivity contribution in [3.05, 3.63) is 0 Å². The van der Waals surface area contributed by atoms with Crippen molar-refractivity contribution in [1.29, 1.82) is 0 Å². The molecule has 0 aromatic heterocycles. The molecule has 0 aromatic carbocycles. The second kappa shape index (κ2) is 6.00. The average Bonchev–Trinajstić information content (AvgIpc) is 2.31. The minimum Gasteiger partial charge on any atom is -0.394 e. The van der Waals surface area contributed by atoms with Gasteiger partial charge < -0.3 is 30.5 Å². The number of aliphatic hydroxyl groups excluding tert-OH is 4. The Labute approximate surface area is 109 Å². The fourth-order valence-electron chi connectivity index (χ4n) is 2.05. The van der Waals surface area contributed by atoms with Gasteiger partial charge in [0, 0.05) is 13.3 Å². The topological polar surface area (TPSA) is 119 Å². The van der Waals surface area contributed by atoms with Gasteiger partial charge in [-0.05, 0) is 5.37 Å². The van der Waals surface area contributed by atoms with Crippen LogP contribution in [0.2, 0.25) is 0 Å². The number of amides is 1. The van der Waals surface area contributed by atoms with Gasteiger partial charge in [-0.2, -0.15) is 0 Å². The van der Waals surface area contributed by atoms with Crippen LogP contribution < -0.4 is 5.32 Å². The molecule has 18 heavy (non-hydrogen) atoms. The third-order valence-corrected chi connectivity index (χ3v) is 3.15. The van der Waals surface area contributed by atoms with Crippen LogP contribution in [0.5, 0.6) is 0 Å². The van der Waals surface area contributed by atoms with Crippen LogP contribution in [0, 0.1) is 0 Å². The number of aliphatic hydroxyl groups is 4. The second-order valence-corrected chi connectivity index (χ2v) is 4.57. The van der Waals surface area contributed by atoms with Crippen LogP contribution in [0.4, 0.5) is 0 Å². The maximum atomic E-state index is 11.2. The molecule has 0 aliphatic carbocycles. The molecule has 1 aliphatic rings. The summed E-state index contributed by atoms with van der Waals surface area (Å²) in [6.07, 6.45) is -5.74. The van der Waals surface area contributed by atoms with E-state index in [1.807, 2.05) is 0 Å². The van der Waals surface area contributed by atoms with Gasteiger partial charge in [-0.25, -0.2) is 0 Å². The molecule has 1 saturated heterocycles. The molecule has 1 amide bonds. The van der Waals surface area contributed by atoms with Crippen molar-refractivity contribution in [2.24, 2.45) is 0 Å². The van der Waals surface area contributed by atoms with Crippen LogP contribution in [0.25, 0.3) is 0 Å². The molecule has 5 atom stereocenters. The molecule has 0 spiro atoms. The van der Waals surface area contributed by atoms with Crippen LogP contribution in [-0.4, -0.2) is 68.4 Å². The number of thiocarbonyl (C=S) groups is 1. The third-order valence-electron chi connectivity index (χ3n) is 2.99. The summed E-state index contributed by atoms with van der Waals surface area (Å²) in [5.41, 5.74) is -1.61. The minimum atomic E-state index is -1.61. The summed E-state index contributed by atoms with van der Waals surface area (Å²) in [5, 5.41) is 42.3. The fourth-order valence-corrected chi connectivity index (χ4v) is 2.32. The van der Waals surface area contributed by atoms with E-state index in [0.29, 0.717) is 0 Å². The molecule has 104 valence electrons. The van der Waals surface area contributed by atoms with E-state index in [-0.39, 0.29) is 6.42 Å². The molecular formula is C10H17NO6S. The van der Waals surface area contributed by atoms with E-state index in [9.17, 15) is 20.1 Å². The largest absolute Gasteiger partial charge is 0.394 e. The molecule has 1 heterocycles. The average molecular weight is 279 g/mol. The summed E-state index contributed by atoms with van der Waals surface area (Å²) in [7, 11) is 0. The maximum Gasteiger partial charge on any atom is 0.217 e. The first-order valence-corrected chi connectivity index (χ1v) is 5.89. The van der Waals surface area contributed by atoms with Crippen molar-refractivity contribution in [1.82, 2.24) is 5.32 Å². The normalized spacial score (nSPS) is 40.3. The lowest BCUT2D eigenvalue weighted by Crippen LogP contribution is -2.73. The molecule has 0 unspecified atom stereocenters. The first-order valence-electron chi connectivity index (χ1n) is 5.42. The molecular weight excluding hydrogens is 262 g/mol. The Balaban J connectivity index is 3.06. The second-order valence-electron chi connectivity index (χ2n) is 4.24. The summed E-state index contributed by atoms with van der Waals surface area (Å²) in [4.78, 5) is 11.2. The zero-order valence-electron chi connectivity index (χ0n) is 9.81. The highest BCUT2D eigenvalue weighted by Gasteiger charge is 2.55. The molecule has 8 heteroatoms. The number of hydrogen-bond acceptors (Lipinski definition) is 7. The van der Waals surface area contributed by atoms with Crippen LogP contribution >= 0.6 is 12.2 Å². The Bertz CT molecular complexity index is 327. The van der Waals surface area contributed by atoms with E-state index < -0.39 is 42.7 Å². The Morgan fingerprint density at radius 1 is 1.50 bits per heavy atom. The van der Waals surface area contributed by atoms with Crippen LogP contribution in [0.15, 0.2) is 0 Å². The summed E-state index contributed by atoms with van der Waals surface area (Å²) >= 11 is 4.67. The van der Waals surface area contributed by atoms with Gasteiger partial charge >= 0.3 is 0 Å². The van der Waals surface area contributed by atoms with Gasteiger partial charge in [0.2, 0.25) is 5.91 Å². The highest BCUT2D eigenvalue weighted by Crippen LogP contribution is 2.31. The highest BCUT2D eigenvalue weighted by molar-refractivity contribution is 7.78. The Kier molecular flexibility index (Phi) is 5.14. The smallest absolute Gasteiger partial charge is 0.217 e. The zero-order chi connectivity index (χ0) is 13.9. The van der Waals surface area contributed by atoms with E-state index in [0.717, 1.165) is 0 Å². The molecule has 0 saturated carbocycles. The van der Waals surface area contributed by atoms with Crippen LogP contribution in [0.3, 0.4) is 0 Å². The zero-order valence-corrected chi connectivity index (χ0v) is 10.6. The molecule has 0 radical (unpaired) electrons. The lowest BCUT2D eigenvalue weighted by atomic mass is 9.81. The minimum absolute atomic E-state index is 0.0700. The van der Waals surface area contributed by atoms with Gasteiger partial charge in [-0.3, -0.25) is 4.79 Å². The molecule has 0 aromatic rings. The molecule has 7 nitrogen and oxygen atoms in total. The summed E-state index contributed by atoms with van der Waals surface area (Å²) < 4.78 is 5.00. The number of rotatable bonds is 4. The quantitative estimate of drug-likeness (QED) is 0.367. The summed E-state index contributed by atoms with van der Waals surface area (Å²) in [6.45, 7) is 0.637. The monoisotopic (exact) mass is 279 g/mol. The van der Waals surface area contributed by atoms with E-state index in [2.05, 4.69) is 17.5 Å². The Morgan fingerprint density at radius 2 is 2.11 bits per heavy atom. The lowest BCUT2D eigenvalue weighted by molar-refractivity contribution is -0.282. The Morgan fingerprint density at radius 3 is 2.56 bits per heavy atom. The SMILES string of the molecule is CC(=O)N[C@@]1(CC=S)[C@H](O)O[C@H](CO)[C@@H](O)[C@@H]1O. The van der Waals surface area contributed by atoms with Crippen molar-refractivity contribution >= 4 is 23.5 Å². The number of carbonyl (C=O) groups is 1. The van der Waals surface area contributed by atoms with Gasteiger partial charge in [0.05, 0.1) is 6.61 Å².